The summed E-state index contributed by atoms with van der Waals surface area (Å²) in [4.78, 5) is 17.7. The maximum Gasteiger partial charge on any atom is 0.338 e. The highest BCUT2D eigenvalue weighted by Crippen LogP contribution is 2.28. The summed E-state index contributed by atoms with van der Waals surface area (Å²) in [5, 5.41) is 7.55. The van der Waals surface area contributed by atoms with Gasteiger partial charge in [-0.3, -0.25) is 0 Å². The van der Waals surface area contributed by atoms with Crippen molar-refractivity contribution in [1.82, 2.24) is 15.1 Å². The highest BCUT2D eigenvalue weighted by Gasteiger charge is 2.32. The zero-order chi connectivity index (χ0) is 20.6. The summed E-state index contributed by atoms with van der Waals surface area (Å²) in [5.41, 5.74) is 2.02. The van der Waals surface area contributed by atoms with Crippen LogP contribution in [0.1, 0.15) is 25.3 Å². The molecule has 0 radical (unpaired) electrons. The third-order valence-corrected chi connectivity index (χ3v) is 4.60. The van der Waals surface area contributed by atoms with E-state index in [1.807, 2.05) is 36.4 Å². The van der Waals surface area contributed by atoms with E-state index >= 15 is 0 Å². The number of aromatic nitrogens is 2. The van der Waals surface area contributed by atoms with Crippen LogP contribution in [0.4, 0.5) is 0 Å². The number of aliphatic imine (C=N–C) groups is 1. The first-order valence-corrected chi connectivity index (χ1v) is 9.55. The first kappa shape index (κ1) is 20.8. The molecule has 3 rings (SSSR count). The molecule has 0 saturated heterocycles. The maximum atomic E-state index is 12.9. The number of carbonyl (C=O) groups excluding carboxylic acids is 1. The number of benzene rings is 1. The molecule has 2 heterocycles. The molecule has 1 aliphatic heterocycles. The van der Waals surface area contributed by atoms with Crippen LogP contribution in [0.2, 0.25) is 0 Å². The van der Waals surface area contributed by atoms with Gasteiger partial charge < -0.3 is 19.5 Å². The number of nitrogens with zero attached hydrogens (tertiary/aromatic N) is 3. The minimum absolute atomic E-state index is 0.283. The Labute approximate surface area is 170 Å². The minimum Gasteiger partial charge on any atom is -0.463 e. The van der Waals surface area contributed by atoms with E-state index < -0.39 is 12.0 Å². The second kappa shape index (κ2) is 9.99. The van der Waals surface area contributed by atoms with Gasteiger partial charge in [0.05, 0.1) is 23.9 Å². The summed E-state index contributed by atoms with van der Waals surface area (Å²) >= 11 is 0. The Morgan fingerprint density at radius 3 is 2.59 bits per heavy atom. The molecule has 1 unspecified atom stereocenters. The Bertz CT molecular complexity index is 858. The van der Waals surface area contributed by atoms with Crippen LogP contribution in [0.25, 0.3) is 5.70 Å². The highest BCUT2D eigenvalue weighted by molar-refractivity contribution is 6.05. The van der Waals surface area contributed by atoms with Gasteiger partial charge in [-0.15, -0.1) is 0 Å². The molecule has 29 heavy (non-hydrogen) atoms. The monoisotopic (exact) mass is 398 g/mol. The molecule has 1 aliphatic rings. The minimum atomic E-state index is -0.433. The summed E-state index contributed by atoms with van der Waals surface area (Å²) in [6.45, 7) is 2.07. The molecule has 1 aromatic heterocycles. The Morgan fingerprint density at radius 2 is 1.97 bits per heavy atom. The standard InChI is InChI=1S/C21H26N4O4/c1-4-29-20(26)18-16(11-12-17(27-2)28-3)23-21(25-14-8-13-22-25)24-19(18)15-9-6-5-7-10-15/h5-10,13-14,16-17H,4,11-12H2,1-3H3,(H,23,24). The number of nitrogens with one attached hydrogen (secondary N) is 1. The number of rotatable bonds is 8. The molecule has 0 spiro atoms. The van der Waals surface area contributed by atoms with Crippen molar-refractivity contribution in [3.63, 3.8) is 0 Å². The van der Waals surface area contributed by atoms with Gasteiger partial charge in [0.2, 0.25) is 5.96 Å². The van der Waals surface area contributed by atoms with Crippen molar-refractivity contribution >= 4 is 17.6 Å². The molecule has 1 aromatic carbocycles. The molecule has 0 aliphatic carbocycles. The van der Waals surface area contributed by atoms with E-state index in [0.717, 1.165) is 5.56 Å². The van der Waals surface area contributed by atoms with E-state index in [1.54, 1.807) is 38.2 Å². The van der Waals surface area contributed by atoms with E-state index in [1.165, 1.54) is 0 Å². The molecular formula is C21H26N4O4. The summed E-state index contributed by atoms with van der Waals surface area (Å²) in [6.07, 6.45) is 4.21. The van der Waals surface area contributed by atoms with Crippen molar-refractivity contribution in [3.8, 4) is 0 Å². The molecule has 0 amide bonds. The second-order valence-corrected chi connectivity index (χ2v) is 6.40. The molecule has 0 bridgehead atoms. The van der Waals surface area contributed by atoms with Gasteiger partial charge in [-0.05, 0) is 25.0 Å². The van der Waals surface area contributed by atoms with E-state index in [0.29, 0.717) is 30.1 Å². The molecule has 8 nitrogen and oxygen atoms in total. The van der Waals surface area contributed by atoms with Crippen molar-refractivity contribution in [2.75, 3.05) is 20.8 Å². The lowest BCUT2D eigenvalue weighted by Gasteiger charge is -2.28. The van der Waals surface area contributed by atoms with E-state index in [2.05, 4.69) is 10.4 Å². The SMILES string of the molecule is CCOC(=O)C1=C(c2ccccc2)NC(n2cccn2)=NC1CCC(OC)OC. The number of methoxy groups -OCH3 is 2. The zero-order valence-corrected chi connectivity index (χ0v) is 16.9. The van der Waals surface area contributed by atoms with Crippen LogP contribution in [-0.4, -0.2) is 54.9 Å². The Kier molecular flexibility index (Phi) is 7.15. The average molecular weight is 398 g/mol. The highest BCUT2D eigenvalue weighted by atomic mass is 16.7. The molecule has 0 saturated carbocycles. The third kappa shape index (κ3) is 4.90. The molecule has 1 N–H and O–H groups in total. The van der Waals surface area contributed by atoms with Crippen LogP contribution < -0.4 is 5.32 Å². The van der Waals surface area contributed by atoms with Crippen LogP contribution in [0, 0.1) is 0 Å². The van der Waals surface area contributed by atoms with Crippen LogP contribution in [-0.2, 0) is 19.0 Å². The number of hydrogen-bond donors (Lipinski definition) is 1. The first-order chi connectivity index (χ1) is 14.2. The summed E-state index contributed by atoms with van der Waals surface area (Å²) in [5.74, 6) is 0.150. The van der Waals surface area contributed by atoms with Crippen LogP contribution in [0.15, 0.2) is 59.4 Å². The second-order valence-electron chi connectivity index (χ2n) is 6.40. The van der Waals surface area contributed by atoms with Crippen LogP contribution in [0.5, 0.6) is 0 Å². The van der Waals surface area contributed by atoms with Crippen molar-refractivity contribution in [2.45, 2.75) is 32.1 Å². The largest absolute Gasteiger partial charge is 0.463 e. The first-order valence-electron chi connectivity index (χ1n) is 9.55. The number of ether oxygens (including phenoxy) is 3. The van der Waals surface area contributed by atoms with Crippen molar-refractivity contribution < 1.29 is 19.0 Å². The number of esters is 1. The van der Waals surface area contributed by atoms with Gasteiger partial charge >= 0.3 is 5.97 Å². The predicted octanol–water partition coefficient (Wildman–Crippen LogP) is 2.43. The molecule has 2 aromatic rings. The summed E-state index contributed by atoms with van der Waals surface area (Å²) in [7, 11) is 3.18. The molecular weight excluding hydrogens is 372 g/mol. The van der Waals surface area contributed by atoms with E-state index in [9.17, 15) is 4.79 Å². The Morgan fingerprint density at radius 1 is 1.21 bits per heavy atom. The third-order valence-electron chi connectivity index (χ3n) is 4.60. The van der Waals surface area contributed by atoms with Gasteiger partial charge in [-0.25, -0.2) is 14.5 Å². The fourth-order valence-corrected chi connectivity index (χ4v) is 3.21. The quantitative estimate of drug-likeness (QED) is 0.543. The summed E-state index contributed by atoms with van der Waals surface area (Å²) < 4.78 is 17.6. The van der Waals surface area contributed by atoms with Gasteiger partial charge in [0.25, 0.3) is 0 Å². The van der Waals surface area contributed by atoms with Crippen LogP contribution in [0.3, 0.4) is 0 Å². The average Bonchev–Trinajstić information content (AvgIpc) is 3.29. The van der Waals surface area contributed by atoms with Gasteiger partial charge in [0, 0.05) is 33.0 Å². The van der Waals surface area contributed by atoms with Crippen molar-refractivity contribution in [1.29, 1.82) is 0 Å². The molecule has 8 heteroatoms. The van der Waals surface area contributed by atoms with E-state index in [-0.39, 0.29) is 12.9 Å². The Hall–Kier alpha value is -2.97. The maximum absolute atomic E-state index is 12.9. The van der Waals surface area contributed by atoms with E-state index in [4.69, 9.17) is 19.2 Å². The normalized spacial score (nSPS) is 16.6. The molecule has 154 valence electrons. The smallest absolute Gasteiger partial charge is 0.338 e. The van der Waals surface area contributed by atoms with Gasteiger partial charge in [0.15, 0.2) is 6.29 Å². The predicted molar refractivity (Wildman–Crippen MR) is 109 cm³/mol. The lowest BCUT2D eigenvalue weighted by atomic mass is 9.95. The Balaban J connectivity index is 2.04. The van der Waals surface area contributed by atoms with Crippen molar-refractivity contribution in [2.24, 2.45) is 4.99 Å². The van der Waals surface area contributed by atoms with Gasteiger partial charge in [-0.2, -0.15) is 5.10 Å². The number of hydrogen-bond acceptors (Lipinski definition) is 7. The number of carbonyl (C=O) groups is 1. The fourth-order valence-electron chi connectivity index (χ4n) is 3.21. The van der Waals surface area contributed by atoms with Crippen molar-refractivity contribution in [3.05, 3.63) is 59.9 Å². The zero-order valence-electron chi connectivity index (χ0n) is 16.9. The lowest BCUT2D eigenvalue weighted by Crippen LogP contribution is -2.39. The molecule has 0 fully saturated rings. The lowest BCUT2D eigenvalue weighted by molar-refractivity contribution is -0.139. The van der Waals surface area contributed by atoms with Gasteiger partial charge in [0.1, 0.15) is 0 Å². The molecule has 1 atom stereocenters. The van der Waals surface area contributed by atoms with Gasteiger partial charge in [-0.1, -0.05) is 30.3 Å². The fraction of sp³-hybridized carbons (Fsp3) is 0.381. The summed E-state index contributed by atoms with van der Waals surface area (Å²) in [6, 6.07) is 11.0. The topological polar surface area (TPSA) is 87.0 Å². The van der Waals surface area contributed by atoms with Crippen LogP contribution >= 0.6 is 0 Å².